The largest absolute Gasteiger partial charge is 0.478 e. The summed E-state index contributed by atoms with van der Waals surface area (Å²) in [5.41, 5.74) is 2.32. The molecular formula is C18H20ClNO3. The molecule has 122 valence electrons. The highest BCUT2D eigenvalue weighted by molar-refractivity contribution is 6.30. The first kappa shape index (κ1) is 17.3. The molecular weight excluding hydrogens is 314 g/mol. The average molecular weight is 334 g/mol. The maximum Gasteiger partial charge on any atom is 0.337 e. The molecule has 5 heteroatoms. The van der Waals surface area contributed by atoms with Gasteiger partial charge < -0.3 is 9.67 Å². The summed E-state index contributed by atoms with van der Waals surface area (Å²) in [7, 11) is 0. The molecule has 1 aromatic heterocycles. The van der Waals surface area contributed by atoms with Crippen molar-refractivity contribution in [3.8, 4) is 0 Å². The van der Waals surface area contributed by atoms with Crippen molar-refractivity contribution in [2.75, 3.05) is 0 Å². The number of carbonyl (C=O) groups excluding carboxylic acids is 1. The molecule has 0 fully saturated rings. The minimum absolute atomic E-state index is 0.175. The van der Waals surface area contributed by atoms with Crippen LogP contribution in [0.15, 0.2) is 24.3 Å². The zero-order valence-electron chi connectivity index (χ0n) is 13.5. The number of carboxylic acid groups (broad SMARTS) is 1. The van der Waals surface area contributed by atoms with Crippen LogP contribution in [-0.2, 0) is 6.54 Å². The Morgan fingerprint density at radius 1 is 1.17 bits per heavy atom. The number of carboxylic acids is 1. The van der Waals surface area contributed by atoms with Crippen molar-refractivity contribution in [1.82, 2.24) is 4.57 Å². The van der Waals surface area contributed by atoms with Crippen molar-refractivity contribution in [1.29, 1.82) is 0 Å². The fraction of sp³-hybridized carbons (Fsp3) is 0.333. The molecule has 0 aliphatic heterocycles. The Kier molecular flexibility index (Phi) is 5.26. The summed E-state index contributed by atoms with van der Waals surface area (Å²) in [6.45, 7) is 6.14. The standard InChI is InChI=1S/C18H20ClNO3/c1-4-5-10-20-12(3)15(18(22)23)11(2)16(20)17(21)13-6-8-14(19)9-7-13/h6-9H,4-5,10H2,1-3H3,(H,22,23). The van der Waals surface area contributed by atoms with E-state index < -0.39 is 5.97 Å². The van der Waals surface area contributed by atoms with E-state index >= 15 is 0 Å². The zero-order valence-corrected chi connectivity index (χ0v) is 14.3. The zero-order chi connectivity index (χ0) is 17.1. The highest BCUT2D eigenvalue weighted by Crippen LogP contribution is 2.26. The fourth-order valence-corrected chi connectivity index (χ4v) is 2.96. The van der Waals surface area contributed by atoms with Gasteiger partial charge in [-0.05, 0) is 50.1 Å². The van der Waals surface area contributed by atoms with Crippen molar-refractivity contribution < 1.29 is 14.7 Å². The smallest absolute Gasteiger partial charge is 0.337 e. The van der Waals surface area contributed by atoms with Gasteiger partial charge in [-0.1, -0.05) is 24.9 Å². The van der Waals surface area contributed by atoms with Gasteiger partial charge in [0.05, 0.1) is 11.3 Å². The van der Waals surface area contributed by atoms with Crippen LogP contribution in [0.1, 0.15) is 57.4 Å². The summed E-state index contributed by atoms with van der Waals surface area (Å²) < 4.78 is 1.83. The lowest BCUT2D eigenvalue weighted by atomic mass is 10.0. The van der Waals surface area contributed by atoms with Gasteiger partial charge >= 0.3 is 5.97 Å². The lowest BCUT2D eigenvalue weighted by Gasteiger charge is -2.11. The third-order valence-corrected chi connectivity index (χ3v) is 4.29. The molecule has 0 radical (unpaired) electrons. The van der Waals surface area contributed by atoms with Crippen molar-refractivity contribution >= 4 is 23.4 Å². The third kappa shape index (κ3) is 3.32. The quantitative estimate of drug-likeness (QED) is 0.792. The molecule has 1 heterocycles. The van der Waals surface area contributed by atoms with E-state index in [-0.39, 0.29) is 11.3 Å². The highest BCUT2D eigenvalue weighted by atomic mass is 35.5. The predicted octanol–water partition coefficient (Wildman–Crippen LogP) is 4.49. The Hall–Kier alpha value is -2.07. The monoisotopic (exact) mass is 333 g/mol. The SMILES string of the molecule is CCCCn1c(C)c(C(=O)O)c(C)c1C(=O)c1ccc(Cl)cc1. The number of rotatable bonds is 6. The van der Waals surface area contributed by atoms with E-state index in [9.17, 15) is 14.7 Å². The number of aromatic nitrogens is 1. The van der Waals surface area contributed by atoms with E-state index in [0.29, 0.717) is 34.1 Å². The first-order valence-electron chi connectivity index (χ1n) is 7.61. The summed E-state index contributed by atoms with van der Waals surface area (Å²) in [5, 5.41) is 10.0. The Morgan fingerprint density at radius 2 is 1.78 bits per heavy atom. The van der Waals surface area contributed by atoms with Gasteiger partial charge in [-0.25, -0.2) is 4.79 Å². The van der Waals surface area contributed by atoms with Crippen molar-refractivity contribution in [2.24, 2.45) is 0 Å². The number of benzene rings is 1. The topological polar surface area (TPSA) is 59.3 Å². The molecule has 0 saturated heterocycles. The van der Waals surface area contributed by atoms with E-state index in [2.05, 4.69) is 6.92 Å². The number of carbonyl (C=O) groups is 2. The molecule has 0 spiro atoms. The maximum atomic E-state index is 12.9. The minimum Gasteiger partial charge on any atom is -0.478 e. The first-order chi connectivity index (χ1) is 10.9. The van der Waals surface area contributed by atoms with E-state index in [4.69, 9.17) is 11.6 Å². The molecule has 2 aromatic rings. The van der Waals surface area contributed by atoms with Gasteiger partial charge in [0.1, 0.15) is 0 Å². The Bertz CT molecular complexity index is 745. The van der Waals surface area contributed by atoms with Gasteiger partial charge in [-0.15, -0.1) is 0 Å². The maximum absolute atomic E-state index is 12.9. The van der Waals surface area contributed by atoms with Crippen LogP contribution in [0.2, 0.25) is 5.02 Å². The van der Waals surface area contributed by atoms with Gasteiger partial charge in [-0.2, -0.15) is 0 Å². The summed E-state index contributed by atoms with van der Waals surface area (Å²) >= 11 is 5.87. The lowest BCUT2D eigenvalue weighted by Crippen LogP contribution is -2.12. The second kappa shape index (κ2) is 7.01. The Labute approximate surface area is 140 Å². The summed E-state index contributed by atoms with van der Waals surface area (Å²) in [6, 6.07) is 6.65. The number of hydrogen-bond donors (Lipinski definition) is 1. The number of aromatic carboxylic acids is 1. The number of halogens is 1. The normalized spacial score (nSPS) is 10.8. The van der Waals surface area contributed by atoms with E-state index in [1.165, 1.54) is 0 Å². The van der Waals surface area contributed by atoms with Gasteiger partial charge in [0.2, 0.25) is 5.78 Å². The van der Waals surface area contributed by atoms with Crippen LogP contribution in [0.5, 0.6) is 0 Å². The van der Waals surface area contributed by atoms with Crippen LogP contribution in [0.4, 0.5) is 0 Å². The minimum atomic E-state index is -1.000. The Morgan fingerprint density at radius 3 is 2.30 bits per heavy atom. The molecule has 23 heavy (non-hydrogen) atoms. The number of unbranched alkanes of at least 4 members (excludes halogenated alkanes) is 1. The molecule has 0 aliphatic carbocycles. The predicted molar refractivity (Wildman–Crippen MR) is 90.7 cm³/mol. The molecule has 0 saturated carbocycles. The van der Waals surface area contributed by atoms with Crippen LogP contribution >= 0.6 is 11.6 Å². The van der Waals surface area contributed by atoms with Crippen LogP contribution < -0.4 is 0 Å². The van der Waals surface area contributed by atoms with E-state index in [0.717, 1.165) is 12.8 Å². The molecule has 0 unspecified atom stereocenters. The Balaban J connectivity index is 2.59. The molecule has 0 atom stereocenters. The van der Waals surface area contributed by atoms with Gasteiger partial charge in [0.25, 0.3) is 0 Å². The number of nitrogens with zero attached hydrogens (tertiary/aromatic N) is 1. The van der Waals surface area contributed by atoms with Crippen LogP contribution in [0.25, 0.3) is 0 Å². The third-order valence-electron chi connectivity index (χ3n) is 4.04. The molecule has 2 rings (SSSR count). The van der Waals surface area contributed by atoms with Crippen LogP contribution in [0.3, 0.4) is 0 Å². The lowest BCUT2D eigenvalue weighted by molar-refractivity contribution is 0.0695. The summed E-state index contributed by atoms with van der Waals surface area (Å²) in [6.07, 6.45) is 1.85. The van der Waals surface area contributed by atoms with Gasteiger partial charge in [-0.3, -0.25) is 4.79 Å². The number of ketones is 1. The fourth-order valence-electron chi connectivity index (χ4n) is 2.84. The van der Waals surface area contributed by atoms with Crippen LogP contribution in [0, 0.1) is 13.8 Å². The second-order valence-corrected chi connectivity index (χ2v) is 6.02. The summed E-state index contributed by atoms with van der Waals surface area (Å²) in [4.78, 5) is 24.4. The second-order valence-electron chi connectivity index (χ2n) is 5.58. The highest BCUT2D eigenvalue weighted by Gasteiger charge is 2.26. The summed E-state index contributed by atoms with van der Waals surface area (Å²) in [5.74, 6) is -1.17. The van der Waals surface area contributed by atoms with Crippen molar-refractivity contribution in [3.63, 3.8) is 0 Å². The molecule has 0 amide bonds. The molecule has 1 N–H and O–H groups in total. The molecule has 0 aliphatic rings. The molecule has 0 bridgehead atoms. The number of hydrogen-bond acceptors (Lipinski definition) is 2. The van der Waals surface area contributed by atoms with Crippen molar-refractivity contribution in [2.45, 2.75) is 40.2 Å². The van der Waals surface area contributed by atoms with Gasteiger partial charge in [0, 0.05) is 22.8 Å². The first-order valence-corrected chi connectivity index (χ1v) is 7.99. The van der Waals surface area contributed by atoms with Crippen molar-refractivity contribution in [3.05, 3.63) is 57.4 Å². The average Bonchev–Trinajstić information content (AvgIpc) is 2.75. The molecule has 1 aromatic carbocycles. The van der Waals surface area contributed by atoms with E-state index in [1.807, 2.05) is 4.57 Å². The van der Waals surface area contributed by atoms with E-state index in [1.54, 1.807) is 38.1 Å². The van der Waals surface area contributed by atoms with Crippen LogP contribution in [-0.4, -0.2) is 21.4 Å². The van der Waals surface area contributed by atoms with Gasteiger partial charge in [0.15, 0.2) is 0 Å². The molecule has 4 nitrogen and oxygen atoms in total.